The van der Waals surface area contributed by atoms with Crippen molar-refractivity contribution in [3.05, 3.63) is 35.9 Å². The summed E-state index contributed by atoms with van der Waals surface area (Å²) in [7, 11) is 1.94. The first-order valence-electron chi connectivity index (χ1n) is 6.97. The zero-order valence-corrected chi connectivity index (χ0v) is 12.0. The number of aromatic nitrogens is 4. The highest BCUT2D eigenvalue weighted by atomic mass is 15.3. The summed E-state index contributed by atoms with van der Waals surface area (Å²) in [5.74, 6) is 0. The molecule has 0 spiro atoms. The summed E-state index contributed by atoms with van der Waals surface area (Å²) in [6.07, 6.45) is 6.15. The molecule has 0 aliphatic heterocycles. The lowest BCUT2D eigenvalue weighted by molar-refractivity contribution is 0.423. The molecular formula is C14H23N5. The molecule has 2 rings (SSSR count). The van der Waals surface area contributed by atoms with Gasteiger partial charge in [-0.2, -0.15) is 10.2 Å². The highest BCUT2D eigenvalue weighted by Gasteiger charge is 2.09. The monoisotopic (exact) mass is 261 g/mol. The summed E-state index contributed by atoms with van der Waals surface area (Å²) in [6.45, 7) is 5.96. The van der Waals surface area contributed by atoms with E-state index in [1.807, 2.05) is 24.0 Å². The minimum absolute atomic E-state index is 0.503. The van der Waals surface area contributed by atoms with Crippen LogP contribution < -0.4 is 5.32 Å². The maximum atomic E-state index is 4.66. The topological polar surface area (TPSA) is 47.7 Å². The van der Waals surface area contributed by atoms with Crippen LogP contribution in [0.15, 0.2) is 24.5 Å². The predicted molar refractivity (Wildman–Crippen MR) is 75.9 cm³/mol. The lowest BCUT2D eigenvalue weighted by atomic mass is 10.2. The molecule has 0 saturated carbocycles. The van der Waals surface area contributed by atoms with Gasteiger partial charge in [-0.25, -0.2) is 0 Å². The maximum absolute atomic E-state index is 4.66. The van der Waals surface area contributed by atoms with Gasteiger partial charge in [0.15, 0.2) is 0 Å². The third-order valence-electron chi connectivity index (χ3n) is 3.45. The van der Waals surface area contributed by atoms with Gasteiger partial charge in [0.2, 0.25) is 0 Å². The lowest BCUT2D eigenvalue weighted by Crippen LogP contribution is -2.14. The molecule has 5 nitrogen and oxygen atoms in total. The molecule has 0 aliphatic carbocycles. The van der Waals surface area contributed by atoms with Crippen molar-refractivity contribution in [2.24, 2.45) is 0 Å². The van der Waals surface area contributed by atoms with Crippen molar-refractivity contribution in [2.45, 2.75) is 45.8 Å². The van der Waals surface area contributed by atoms with Crippen LogP contribution >= 0.6 is 0 Å². The van der Waals surface area contributed by atoms with Crippen LogP contribution in [0.1, 0.15) is 44.1 Å². The van der Waals surface area contributed by atoms with E-state index in [0.717, 1.165) is 31.6 Å². The Kier molecular flexibility index (Phi) is 4.74. The van der Waals surface area contributed by atoms with Gasteiger partial charge in [-0.3, -0.25) is 9.36 Å². The summed E-state index contributed by atoms with van der Waals surface area (Å²) in [5.41, 5.74) is 2.24. The molecule has 0 aliphatic rings. The van der Waals surface area contributed by atoms with Crippen LogP contribution in [-0.2, 0) is 13.1 Å². The van der Waals surface area contributed by atoms with Crippen LogP contribution in [-0.4, -0.2) is 26.6 Å². The molecule has 2 heterocycles. The standard InChI is InChI=1S/C14H23N5/c1-4-13(5-2)18-9-7-12(17-18)11-19-14(10-15-3)6-8-16-19/h6-9,13,15H,4-5,10-11H2,1-3H3. The van der Waals surface area contributed by atoms with Crippen LogP contribution in [0.4, 0.5) is 0 Å². The molecule has 0 aromatic carbocycles. The number of hydrogen-bond donors (Lipinski definition) is 1. The summed E-state index contributed by atoms with van der Waals surface area (Å²) in [6, 6.07) is 4.63. The Labute approximate surface area is 114 Å². The molecule has 0 atom stereocenters. The van der Waals surface area contributed by atoms with E-state index in [0.29, 0.717) is 6.04 Å². The number of nitrogens with zero attached hydrogens (tertiary/aromatic N) is 4. The van der Waals surface area contributed by atoms with Crippen molar-refractivity contribution in [2.75, 3.05) is 7.05 Å². The molecular weight excluding hydrogens is 238 g/mol. The summed E-state index contributed by atoms with van der Waals surface area (Å²) >= 11 is 0. The molecule has 0 unspecified atom stereocenters. The van der Waals surface area contributed by atoms with Crippen molar-refractivity contribution < 1.29 is 0 Å². The first-order chi connectivity index (χ1) is 9.28. The molecule has 0 bridgehead atoms. The maximum Gasteiger partial charge on any atom is 0.0853 e. The van der Waals surface area contributed by atoms with E-state index in [4.69, 9.17) is 0 Å². The fourth-order valence-electron chi connectivity index (χ4n) is 2.32. The Hall–Kier alpha value is -1.62. The molecule has 104 valence electrons. The van der Waals surface area contributed by atoms with Crippen molar-refractivity contribution >= 4 is 0 Å². The van der Waals surface area contributed by atoms with E-state index in [1.54, 1.807) is 0 Å². The molecule has 0 fully saturated rings. The first-order valence-corrected chi connectivity index (χ1v) is 6.97. The van der Waals surface area contributed by atoms with Gasteiger partial charge in [-0.15, -0.1) is 0 Å². The molecule has 2 aromatic rings. The van der Waals surface area contributed by atoms with Crippen LogP contribution in [0.3, 0.4) is 0 Å². The third-order valence-corrected chi connectivity index (χ3v) is 3.45. The Morgan fingerprint density at radius 3 is 2.74 bits per heavy atom. The highest BCUT2D eigenvalue weighted by Crippen LogP contribution is 2.15. The third kappa shape index (κ3) is 3.23. The summed E-state index contributed by atoms with van der Waals surface area (Å²) < 4.78 is 4.08. The van der Waals surface area contributed by atoms with Gasteiger partial charge in [0.1, 0.15) is 0 Å². The molecule has 0 saturated heterocycles. The minimum atomic E-state index is 0.503. The van der Waals surface area contributed by atoms with Crippen molar-refractivity contribution in [1.29, 1.82) is 0 Å². The number of rotatable bonds is 7. The predicted octanol–water partition coefficient (Wildman–Crippen LogP) is 2.21. The second kappa shape index (κ2) is 6.52. The average molecular weight is 261 g/mol. The minimum Gasteiger partial charge on any atom is -0.314 e. The Bertz CT molecular complexity index is 495. The molecule has 5 heteroatoms. The molecule has 19 heavy (non-hydrogen) atoms. The van der Waals surface area contributed by atoms with Crippen molar-refractivity contribution in [3.8, 4) is 0 Å². The van der Waals surface area contributed by atoms with Gasteiger partial charge >= 0.3 is 0 Å². The first kappa shape index (κ1) is 13.8. The SMILES string of the molecule is CCC(CC)n1ccc(Cn2nccc2CNC)n1. The second-order valence-electron chi connectivity index (χ2n) is 4.77. The highest BCUT2D eigenvalue weighted by molar-refractivity contribution is 5.06. The fraction of sp³-hybridized carbons (Fsp3) is 0.571. The fourth-order valence-corrected chi connectivity index (χ4v) is 2.32. The van der Waals surface area contributed by atoms with E-state index in [2.05, 4.69) is 46.3 Å². The van der Waals surface area contributed by atoms with Gasteiger partial charge in [-0.1, -0.05) is 13.8 Å². The summed E-state index contributed by atoms with van der Waals surface area (Å²) in [4.78, 5) is 0. The van der Waals surface area contributed by atoms with E-state index in [-0.39, 0.29) is 0 Å². The van der Waals surface area contributed by atoms with Crippen LogP contribution in [0.2, 0.25) is 0 Å². The quantitative estimate of drug-likeness (QED) is 0.831. The molecule has 2 aromatic heterocycles. The number of hydrogen-bond acceptors (Lipinski definition) is 3. The second-order valence-corrected chi connectivity index (χ2v) is 4.77. The molecule has 1 N–H and O–H groups in total. The normalized spacial score (nSPS) is 11.4. The van der Waals surface area contributed by atoms with Crippen LogP contribution in [0.5, 0.6) is 0 Å². The van der Waals surface area contributed by atoms with Gasteiger partial charge in [0.25, 0.3) is 0 Å². The zero-order chi connectivity index (χ0) is 13.7. The largest absolute Gasteiger partial charge is 0.314 e. The smallest absolute Gasteiger partial charge is 0.0853 e. The van der Waals surface area contributed by atoms with E-state index in [1.165, 1.54) is 5.69 Å². The van der Waals surface area contributed by atoms with Gasteiger partial charge < -0.3 is 5.32 Å². The van der Waals surface area contributed by atoms with Gasteiger partial charge in [-0.05, 0) is 32.0 Å². The Morgan fingerprint density at radius 1 is 1.26 bits per heavy atom. The lowest BCUT2D eigenvalue weighted by Gasteiger charge is -2.12. The summed E-state index contributed by atoms with van der Waals surface area (Å²) in [5, 5.41) is 12.2. The van der Waals surface area contributed by atoms with Crippen LogP contribution in [0, 0.1) is 0 Å². The average Bonchev–Trinajstić information content (AvgIpc) is 3.03. The van der Waals surface area contributed by atoms with Crippen molar-refractivity contribution in [3.63, 3.8) is 0 Å². The molecule has 0 radical (unpaired) electrons. The number of nitrogens with one attached hydrogen (secondary N) is 1. The molecule has 0 amide bonds. The van der Waals surface area contributed by atoms with Gasteiger partial charge in [0, 0.05) is 18.9 Å². The van der Waals surface area contributed by atoms with Crippen LogP contribution in [0.25, 0.3) is 0 Å². The van der Waals surface area contributed by atoms with E-state index in [9.17, 15) is 0 Å². The van der Waals surface area contributed by atoms with Crippen molar-refractivity contribution in [1.82, 2.24) is 24.9 Å². The van der Waals surface area contributed by atoms with E-state index < -0.39 is 0 Å². The Morgan fingerprint density at radius 2 is 2.05 bits per heavy atom. The van der Waals surface area contributed by atoms with E-state index >= 15 is 0 Å². The Balaban J connectivity index is 2.09. The van der Waals surface area contributed by atoms with Gasteiger partial charge in [0.05, 0.1) is 24.0 Å². The zero-order valence-electron chi connectivity index (χ0n) is 12.0.